The first-order chi connectivity index (χ1) is 5.12. The molecule has 2 nitrogen and oxygen atoms in total. The van der Waals surface area contributed by atoms with Gasteiger partial charge in [-0.2, -0.15) is 0 Å². The van der Waals surface area contributed by atoms with Crippen LogP contribution in [-0.4, -0.2) is 32.8 Å². The first-order valence-electron chi connectivity index (χ1n) is 3.75. The molecule has 0 aromatic carbocycles. The molecule has 0 N–H and O–H groups in total. The van der Waals surface area contributed by atoms with Crippen LogP contribution in [0.5, 0.6) is 0 Å². The van der Waals surface area contributed by atoms with Crippen molar-refractivity contribution in [1.29, 1.82) is 0 Å². The first kappa shape index (κ1) is 11.2. The maximum Gasteiger partial charge on any atom is 0.0700 e. The summed E-state index contributed by atoms with van der Waals surface area (Å²) in [5.41, 5.74) is 0.0787. The summed E-state index contributed by atoms with van der Waals surface area (Å²) in [6, 6.07) is 0. The molecule has 0 aliphatic rings. The lowest BCUT2D eigenvalue weighted by molar-refractivity contribution is 0.0347. The molecule has 0 saturated carbocycles. The summed E-state index contributed by atoms with van der Waals surface area (Å²) >= 11 is 5.69. The highest BCUT2D eigenvalue weighted by atomic mass is 35.5. The fraction of sp³-hybridized carbons (Fsp3) is 1.00. The van der Waals surface area contributed by atoms with Gasteiger partial charge in [0, 0.05) is 18.4 Å². The molecule has 0 spiro atoms. The van der Waals surface area contributed by atoms with E-state index in [1.807, 2.05) is 0 Å². The Labute approximate surface area is 73.8 Å². The van der Waals surface area contributed by atoms with Crippen LogP contribution in [0.3, 0.4) is 0 Å². The number of methoxy groups -OCH3 is 1. The molecule has 0 aliphatic carbocycles. The number of halogens is 1. The van der Waals surface area contributed by atoms with Gasteiger partial charge in [0.2, 0.25) is 0 Å². The van der Waals surface area contributed by atoms with Crippen molar-refractivity contribution >= 4 is 11.6 Å². The van der Waals surface area contributed by atoms with E-state index in [0.29, 0.717) is 25.7 Å². The zero-order chi connectivity index (χ0) is 8.74. The third-order valence-electron chi connectivity index (χ3n) is 1.29. The third-order valence-corrected chi connectivity index (χ3v) is 2.01. The highest BCUT2D eigenvalue weighted by Crippen LogP contribution is 2.16. The Morgan fingerprint density at radius 1 is 1.27 bits per heavy atom. The van der Waals surface area contributed by atoms with Gasteiger partial charge >= 0.3 is 0 Å². The zero-order valence-corrected chi connectivity index (χ0v) is 8.28. The number of hydrogen-bond acceptors (Lipinski definition) is 2. The molecule has 0 aliphatic heterocycles. The molecule has 0 saturated heterocycles. The van der Waals surface area contributed by atoms with E-state index in [0.717, 1.165) is 0 Å². The topological polar surface area (TPSA) is 18.5 Å². The van der Waals surface area contributed by atoms with E-state index in [1.54, 1.807) is 7.11 Å². The monoisotopic (exact) mass is 180 g/mol. The maximum absolute atomic E-state index is 5.69. The Balaban J connectivity index is 3.23. The van der Waals surface area contributed by atoms with Crippen molar-refractivity contribution < 1.29 is 9.47 Å². The number of ether oxygens (including phenoxy) is 2. The third kappa shape index (κ3) is 6.60. The van der Waals surface area contributed by atoms with Crippen LogP contribution in [0.15, 0.2) is 0 Å². The average Bonchev–Trinajstić information content (AvgIpc) is 1.99. The van der Waals surface area contributed by atoms with Crippen LogP contribution in [-0.2, 0) is 9.47 Å². The molecule has 0 bridgehead atoms. The molecule has 0 atom stereocenters. The van der Waals surface area contributed by atoms with E-state index in [1.165, 1.54) is 0 Å². The summed E-state index contributed by atoms with van der Waals surface area (Å²) in [7, 11) is 1.66. The summed E-state index contributed by atoms with van der Waals surface area (Å²) in [5, 5.41) is 0. The van der Waals surface area contributed by atoms with E-state index < -0.39 is 0 Å². The summed E-state index contributed by atoms with van der Waals surface area (Å²) in [4.78, 5) is 0. The van der Waals surface area contributed by atoms with Crippen molar-refractivity contribution in [2.75, 3.05) is 32.8 Å². The van der Waals surface area contributed by atoms with Gasteiger partial charge in [-0.05, 0) is 0 Å². The van der Waals surface area contributed by atoms with E-state index in [2.05, 4.69) is 13.8 Å². The Morgan fingerprint density at radius 2 is 1.91 bits per heavy atom. The summed E-state index contributed by atoms with van der Waals surface area (Å²) < 4.78 is 10.2. The predicted molar refractivity (Wildman–Crippen MR) is 47.2 cm³/mol. The number of hydrogen-bond donors (Lipinski definition) is 0. The van der Waals surface area contributed by atoms with E-state index in [4.69, 9.17) is 21.1 Å². The van der Waals surface area contributed by atoms with Crippen LogP contribution in [0.1, 0.15) is 13.8 Å². The second-order valence-corrected chi connectivity index (χ2v) is 3.61. The normalized spacial score (nSPS) is 12.0. The van der Waals surface area contributed by atoms with Gasteiger partial charge in [0.25, 0.3) is 0 Å². The van der Waals surface area contributed by atoms with Gasteiger partial charge in [-0.1, -0.05) is 13.8 Å². The molecule has 0 rings (SSSR count). The zero-order valence-electron chi connectivity index (χ0n) is 7.52. The molecular formula is C8H17ClO2. The van der Waals surface area contributed by atoms with Crippen LogP contribution < -0.4 is 0 Å². The van der Waals surface area contributed by atoms with Crippen molar-refractivity contribution in [1.82, 2.24) is 0 Å². The predicted octanol–water partition coefficient (Wildman–Crippen LogP) is 1.91. The van der Waals surface area contributed by atoms with Crippen molar-refractivity contribution in [3.8, 4) is 0 Å². The van der Waals surface area contributed by atoms with Gasteiger partial charge in [0.05, 0.1) is 19.8 Å². The molecule has 11 heavy (non-hydrogen) atoms. The maximum atomic E-state index is 5.69. The standard InChI is InChI=1S/C8H17ClO2/c1-8(2,6-9)7-11-5-4-10-3/h4-7H2,1-3H3. The van der Waals surface area contributed by atoms with Gasteiger partial charge in [0.15, 0.2) is 0 Å². The lowest BCUT2D eigenvalue weighted by atomic mass is 9.98. The fourth-order valence-electron chi connectivity index (χ4n) is 0.529. The Kier molecular flexibility index (Phi) is 5.92. The van der Waals surface area contributed by atoms with Crippen molar-refractivity contribution in [3.63, 3.8) is 0 Å². The molecule has 0 heterocycles. The van der Waals surface area contributed by atoms with Gasteiger partial charge in [-0.15, -0.1) is 11.6 Å². The minimum Gasteiger partial charge on any atom is -0.382 e. The lowest BCUT2D eigenvalue weighted by Crippen LogP contribution is -2.22. The SMILES string of the molecule is COCCOCC(C)(C)CCl. The van der Waals surface area contributed by atoms with Crippen LogP contribution in [0, 0.1) is 5.41 Å². The van der Waals surface area contributed by atoms with E-state index >= 15 is 0 Å². The highest BCUT2D eigenvalue weighted by molar-refractivity contribution is 6.18. The first-order valence-corrected chi connectivity index (χ1v) is 4.28. The van der Waals surface area contributed by atoms with Gasteiger partial charge in [0.1, 0.15) is 0 Å². The minimum atomic E-state index is 0.0787. The molecule has 0 unspecified atom stereocenters. The molecule has 0 radical (unpaired) electrons. The van der Waals surface area contributed by atoms with Crippen LogP contribution in [0.4, 0.5) is 0 Å². The van der Waals surface area contributed by atoms with E-state index in [-0.39, 0.29) is 5.41 Å². The summed E-state index contributed by atoms with van der Waals surface area (Å²) in [6.45, 7) is 6.15. The number of alkyl halides is 1. The summed E-state index contributed by atoms with van der Waals surface area (Å²) in [6.07, 6.45) is 0. The average molecular weight is 181 g/mol. The lowest BCUT2D eigenvalue weighted by Gasteiger charge is -2.20. The van der Waals surface area contributed by atoms with Gasteiger partial charge in [-0.3, -0.25) is 0 Å². The van der Waals surface area contributed by atoms with Crippen molar-refractivity contribution in [3.05, 3.63) is 0 Å². The van der Waals surface area contributed by atoms with Crippen LogP contribution in [0.2, 0.25) is 0 Å². The molecule has 68 valence electrons. The Hall–Kier alpha value is 0.210. The number of rotatable bonds is 6. The van der Waals surface area contributed by atoms with Crippen molar-refractivity contribution in [2.24, 2.45) is 5.41 Å². The van der Waals surface area contributed by atoms with Crippen LogP contribution in [0.25, 0.3) is 0 Å². The Morgan fingerprint density at radius 3 is 2.36 bits per heavy atom. The molecule has 0 aromatic rings. The molecular weight excluding hydrogens is 164 g/mol. The highest BCUT2D eigenvalue weighted by Gasteiger charge is 2.15. The summed E-state index contributed by atoms with van der Waals surface area (Å²) in [5.74, 6) is 0.625. The van der Waals surface area contributed by atoms with E-state index in [9.17, 15) is 0 Å². The largest absolute Gasteiger partial charge is 0.382 e. The molecule has 0 fully saturated rings. The minimum absolute atomic E-state index is 0.0787. The second kappa shape index (κ2) is 5.81. The second-order valence-electron chi connectivity index (χ2n) is 3.34. The quantitative estimate of drug-likeness (QED) is 0.459. The molecule has 3 heteroatoms. The van der Waals surface area contributed by atoms with Crippen molar-refractivity contribution in [2.45, 2.75) is 13.8 Å². The van der Waals surface area contributed by atoms with Gasteiger partial charge in [-0.25, -0.2) is 0 Å². The Bertz CT molecular complexity index is 94.1. The fourth-order valence-corrected chi connectivity index (χ4v) is 0.606. The molecule has 0 aromatic heterocycles. The smallest absolute Gasteiger partial charge is 0.0700 e. The van der Waals surface area contributed by atoms with Gasteiger partial charge < -0.3 is 9.47 Å². The van der Waals surface area contributed by atoms with Crippen LogP contribution >= 0.6 is 11.6 Å². The molecule has 0 amide bonds.